The third-order valence-corrected chi connectivity index (χ3v) is 5.13. The highest BCUT2D eigenvalue weighted by atomic mass is 16.2. The molecule has 1 aliphatic heterocycles. The molecule has 1 N–H and O–H groups in total. The maximum Gasteiger partial charge on any atom is 0.254 e. The van der Waals surface area contributed by atoms with Crippen LogP contribution in [-0.2, 0) is 17.8 Å². The van der Waals surface area contributed by atoms with Crippen LogP contribution >= 0.6 is 0 Å². The minimum absolute atomic E-state index is 0.0742. The molecule has 0 radical (unpaired) electrons. The number of amides is 1. The van der Waals surface area contributed by atoms with Crippen molar-refractivity contribution in [3.8, 4) is 11.5 Å². The molecule has 1 unspecified atom stereocenters. The smallest absolute Gasteiger partial charge is 0.254 e. The number of aromatic amines is 1. The second kappa shape index (κ2) is 7.80. The quantitative estimate of drug-likeness (QED) is 0.741. The summed E-state index contributed by atoms with van der Waals surface area (Å²) >= 11 is 0. The molecule has 1 atom stereocenters. The van der Waals surface area contributed by atoms with Crippen molar-refractivity contribution in [2.24, 2.45) is 0 Å². The van der Waals surface area contributed by atoms with Gasteiger partial charge in [-0.3, -0.25) is 14.6 Å². The molecule has 7 nitrogen and oxygen atoms in total. The van der Waals surface area contributed by atoms with E-state index in [1.54, 1.807) is 12.3 Å². The molecular weight excluding hydrogens is 354 g/mol. The first-order valence-electron chi connectivity index (χ1n) is 9.62. The molecular formula is C21H23N5O2. The molecule has 3 aromatic rings. The van der Waals surface area contributed by atoms with Crippen molar-refractivity contribution in [1.29, 1.82) is 0 Å². The highest BCUT2D eigenvalue weighted by Crippen LogP contribution is 2.23. The number of aromatic nitrogens is 4. The van der Waals surface area contributed by atoms with Gasteiger partial charge in [0.15, 0.2) is 5.82 Å². The Bertz CT molecular complexity index is 1010. The normalized spacial score (nSPS) is 14.5. The topological polar surface area (TPSA) is 83.9 Å². The van der Waals surface area contributed by atoms with Gasteiger partial charge in [0.25, 0.3) is 5.56 Å². The van der Waals surface area contributed by atoms with E-state index < -0.39 is 0 Å². The Morgan fingerprint density at radius 3 is 2.79 bits per heavy atom. The molecule has 28 heavy (non-hydrogen) atoms. The number of pyridine rings is 1. The van der Waals surface area contributed by atoms with Gasteiger partial charge in [-0.1, -0.05) is 19.4 Å². The second-order valence-electron chi connectivity index (χ2n) is 7.00. The van der Waals surface area contributed by atoms with Crippen LogP contribution in [0.3, 0.4) is 0 Å². The van der Waals surface area contributed by atoms with Crippen molar-refractivity contribution in [3.63, 3.8) is 0 Å². The molecule has 0 aromatic carbocycles. The molecule has 0 bridgehead atoms. The maximum atomic E-state index is 13.2. The third-order valence-electron chi connectivity index (χ3n) is 5.13. The lowest BCUT2D eigenvalue weighted by Gasteiger charge is -2.31. The zero-order chi connectivity index (χ0) is 19.5. The van der Waals surface area contributed by atoms with Crippen LogP contribution in [0.25, 0.3) is 11.5 Å². The Hall–Kier alpha value is -3.22. The fourth-order valence-corrected chi connectivity index (χ4v) is 3.69. The van der Waals surface area contributed by atoms with Crippen molar-refractivity contribution in [3.05, 3.63) is 70.5 Å². The summed E-state index contributed by atoms with van der Waals surface area (Å²) < 4.78 is 1.96. The molecule has 3 aromatic heterocycles. The van der Waals surface area contributed by atoms with E-state index in [2.05, 4.69) is 21.9 Å². The van der Waals surface area contributed by atoms with Gasteiger partial charge in [-0.15, -0.1) is 0 Å². The van der Waals surface area contributed by atoms with Gasteiger partial charge in [-0.25, -0.2) is 4.98 Å². The van der Waals surface area contributed by atoms with E-state index >= 15 is 0 Å². The average molecular weight is 377 g/mol. The summed E-state index contributed by atoms with van der Waals surface area (Å²) in [4.78, 5) is 39.3. The molecule has 4 heterocycles. The standard InChI is InChI=1S/C21H23N5O2/c1-2-7-18(25-11-5-6-12-25)21(28)26-13-9-15-17(14-26)23-19(24-20(15)27)16-8-3-4-10-22-16/h3-6,8,10-12,18H,2,7,9,13-14H2,1H3,(H,23,24,27). The largest absolute Gasteiger partial charge is 0.342 e. The van der Waals surface area contributed by atoms with Gasteiger partial charge in [-0.2, -0.15) is 0 Å². The van der Waals surface area contributed by atoms with E-state index in [1.807, 2.05) is 46.1 Å². The number of nitrogens with zero attached hydrogens (tertiary/aromatic N) is 4. The predicted molar refractivity (Wildman–Crippen MR) is 106 cm³/mol. The zero-order valence-electron chi connectivity index (χ0n) is 15.8. The number of fused-ring (bicyclic) bond motifs is 1. The number of nitrogens with one attached hydrogen (secondary N) is 1. The van der Waals surface area contributed by atoms with Crippen LogP contribution in [-0.4, -0.2) is 36.9 Å². The van der Waals surface area contributed by atoms with Crippen molar-refractivity contribution in [2.75, 3.05) is 6.54 Å². The number of rotatable bonds is 5. The maximum absolute atomic E-state index is 13.2. The highest BCUT2D eigenvalue weighted by molar-refractivity contribution is 5.80. The summed E-state index contributed by atoms with van der Waals surface area (Å²) in [6, 6.07) is 9.11. The van der Waals surface area contributed by atoms with Gasteiger partial charge in [0.2, 0.25) is 5.91 Å². The fourth-order valence-electron chi connectivity index (χ4n) is 3.69. The summed E-state index contributed by atoms with van der Waals surface area (Å²) in [5.74, 6) is 0.513. The number of hydrogen-bond acceptors (Lipinski definition) is 4. The number of H-pyrrole nitrogens is 1. The van der Waals surface area contributed by atoms with Crippen LogP contribution in [0.4, 0.5) is 0 Å². The number of hydrogen-bond donors (Lipinski definition) is 1. The SMILES string of the molecule is CCCC(C(=O)N1CCc2c(nc(-c3ccccn3)[nH]c2=O)C1)n1cccc1. The molecule has 4 rings (SSSR count). The lowest BCUT2D eigenvalue weighted by Crippen LogP contribution is -2.42. The molecule has 144 valence electrons. The fraction of sp³-hybridized carbons (Fsp3) is 0.333. The van der Waals surface area contributed by atoms with Gasteiger partial charge >= 0.3 is 0 Å². The number of carbonyl (C=O) groups excluding carboxylic acids is 1. The van der Waals surface area contributed by atoms with Crippen molar-refractivity contribution in [2.45, 2.75) is 38.8 Å². The average Bonchev–Trinajstić information content (AvgIpc) is 3.26. The first-order chi connectivity index (χ1) is 13.7. The lowest BCUT2D eigenvalue weighted by molar-refractivity contribution is -0.136. The Labute approximate surface area is 163 Å². The molecule has 0 saturated carbocycles. The van der Waals surface area contributed by atoms with Crippen LogP contribution < -0.4 is 5.56 Å². The molecule has 7 heteroatoms. The van der Waals surface area contributed by atoms with Crippen LogP contribution in [0, 0.1) is 0 Å². The van der Waals surface area contributed by atoms with E-state index in [0.717, 1.165) is 12.8 Å². The molecule has 0 saturated heterocycles. The van der Waals surface area contributed by atoms with E-state index in [0.29, 0.717) is 42.3 Å². The van der Waals surface area contributed by atoms with Crippen molar-refractivity contribution in [1.82, 2.24) is 24.4 Å². The minimum Gasteiger partial charge on any atom is -0.342 e. The third kappa shape index (κ3) is 3.47. The Kier molecular flexibility index (Phi) is 5.06. The van der Waals surface area contributed by atoms with Gasteiger partial charge < -0.3 is 14.5 Å². The monoisotopic (exact) mass is 377 g/mol. The van der Waals surface area contributed by atoms with Crippen molar-refractivity contribution < 1.29 is 4.79 Å². The van der Waals surface area contributed by atoms with Gasteiger partial charge in [0.05, 0.1) is 12.2 Å². The van der Waals surface area contributed by atoms with E-state index in [-0.39, 0.29) is 17.5 Å². The van der Waals surface area contributed by atoms with Crippen LogP contribution in [0.1, 0.15) is 37.1 Å². The van der Waals surface area contributed by atoms with E-state index in [1.165, 1.54) is 0 Å². The lowest BCUT2D eigenvalue weighted by atomic mass is 10.0. The predicted octanol–water partition coefficient (Wildman–Crippen LogP) is 2.56. The van der Waals surface area contributed by atoms with E-state index in [9.17, 15) is 9.59 Å². The van der Waals surface area contributed by atoms with Crippen LogP contribution in [0.2, 0.25) is 0 Å². The van der Waals surface area contributed by atoms with E-state index in [4.69, 9.17) is 0 Å². The van der Waals surface area contributed by atoms with Gasteiger partial charge in [0.1, 0.15) is 11.7 Å². The Morgan fingerprint density at radius 2 is 2.07 bits per heavy atom. The Balaban J connectivity index is 1.62. The molecule has 1 amide bonds. The minimum atomic E-state index is -0.223. The molecule has 0 aliphatic carbocycles. The summed E-state index contributed by atoms with van der Waals surface area (Å²) in [7, 11) is 0. The van der Waals surface area contributed by atoms with Crippen molar-refractivity contribution >= 4 is 5.91 Å². The first kappa shape index (κ1) is 18.2. The molecule has 1 aliphatic rings. The summed E-state index contributed by atoms with van der Waals surface area (Å²) in [6.45, 7) is 2.95. The summed E-state index contributed by atoms with van der Waals surface area (Å²) in [5.41, 5.74) is 1.79. The Morgan fingerprint density at radius 1 is 1.25 bits per heavy atom. The second-order valence-corrected chi connectivity index (χ2v) is 7.00. The van der Waals surface area contributed by atoms with Crippen LogP contribution in [0.5, 0.6) is 0 Å². The number of carbonyl (C=O) groups is 1. The molecule has 0 spiro atoms. The van der Waals surface area contributed by atoms with Gasteiger partial charge in [-0.05, 0) is 37.1 Å². The highest BCUT2D eigenvalue weighted by Gasteiger charge is 2.29. The molecule has 0 fully saturated rings. The summed E-state index contributed by atoms with van der Waals surface area (Å²) in [6.07, 6.45) is 7.73. The van der Waals surface area contributed by atoms with Crippen LogP contribution in [0.15, 0.2) is 53.7 Å². The van der Waals surface area contributed by atoms with Gasteiger partial charge in [0, 0.05) is 30.7 Å². The zero-order valence-corrected chi connectivity index (χ0v) is 15.8. The summed E-state index contributed by atoms with van der Waals surface area (Å²) in [5, 5.41) is 0. The first-order valence-corrected chi connectivity index (χ1v) is 9.62.